The second kappa shape index (κ2) is 5.58. The smallest absolute Gasteiger partial charge is 0.0503 e. The maximum atomic E-state index is 6.36. The van der Waals surface area contributed by atoms with Crippen molar-refractivity contribution in [2.24, 2.45) is 0 Å². The van der Waals surface area contributed by atoms with Crippen LogP contribution in [0.3, 0.4) is 0 Å². The number of fused-ring (bicyclic) bond motifs is 3. The van der Waals surface area contributed by atoms with Crippen LogP contribution in [0.5, 0.6) is 0 Å². The molecule has 0 radical (unpaired) electrons. The molecule has 3 fully saturated rings. The number of nitrogens with zero attached hydrogens (tertiary/aromatic N) is 2. The number of rotatable bonds is 3. The molecule has 4 rings (SSSR count). The van der Waals surface area contributed by atoms with Crippen LogP contribution in [0.1, 0.15) is 11.6 Å². The van der Waals surface area contributed by atoms with E-state index in [2.05, 4.69) is 15.1 Å². The summed E-state index contributed by atoms with van der Waals surface area (Å²) in [5.41, 5.74) is 1.11. The Labute approximate surface area is 124 Å². The number of hydrogen-bond acceptors (Lipinski definition) is 3. The third kappa shape index (κ3) is 2.63. The standard InChI is InChI=1S/C14H19Cl2N3/c1-17-14(11-8-10(15)2-3-12(11)16)13-9-18-4-6-19(13)7-5-18/h2-3,8,13-14,17H,4-7,9H2,1H3. The van der Waals surface area contributed by atoms with Gasteiger partial charge in [-0.2, -0.15) is 0 Å². The zero-order chi connectivity index (χ0) is 13.4. The minimum Gasteiger partial charge on any atom is -0.312 e. The Balaban J connectivity index is 1.90. The maximum Gasteiger partial charge on any atom is 0.0503 e. The Morgan fingerprint density at radius 3 is 2.53 bits per heavy atom. The third-order valence-corrected chi connectivity index (χ3v) is 4.89. The molecule has 1 aromatic carbocycles. The molecule has 3 aliphatic rings. The van der Waals surface area contributed by atoms with E-state index >= 15 is 0 Å². The van der Waals surface area contributed by atoms with Gasteiger partial charge in [0.05, 0.1) is 6.04 Å². The van der Waals surface area contributed by atoms with E-state index in [-0.39, 0.29) is 6.04 Å². The normalized spacial score (nSPS) is 31.4. The topological polar surface area (TPSA) is 18.5 Å². The summed E-state index contributed by atoms with van der Waals surface area (Å²) >= 11 is 12.5. The molecule has 0 amide bonds. The minimum absolute atomic E-state index is 0.231. The summed E-state index contributed by atoms with van der Waals surface area (Å²) in [7, 11) is 2.00. The molecule has 2 unspecified atom stereocenters. The molecule has 0 saturated carbocycles. The molecular formula is C14H19Cl2N3. The Morgan fingerprint density at radius 1 is 1.21 bits per heavy atom. The van der Waals surface area contributed by atoms with Gasteiger partial charge in [-0.05, 0) is 30.8 Å². The zero-order valence-electron chi connectivity index (χ0n) is 11.1. The fourth-order valence-electron chi connectivity index (χ4n) is 3.28. The molecule has 2 atom stereocenters. The van der Waals surface area contributed by atoms with Gasteiger partial charge in [-0.1, -0.05) is 23.2 Å². The van der Waals surface area contributed by atoms with Crippen molar-refractivity contribution >= 4 is 23.2 Å². The lowest BCUT2D eigenvalue weighted by Crippen LogP contribution is -2.63. The van der Waals surface area contributed by atoms with Crippen LogP contribution in [-0.4, -0.2) is 55.6 Å². The molecule has 2 bridgehead atoms. The highest BCUT2D eigenvalue weighted by Gasteiger charge is 2.37. The van der Waals surface area contributed by atoms with E-state index in [0.29, 0.717) is 6.04 Å². The average molecular weight is 300 g/mol. The van der Waals surface area contributed by atoms with Crippen molar-refractivity contribution in [3.8, 4) is 0 Å². The fraction of sp³-hybridized carbons (Fsp3) is 0.571. The molecule has 1 N–H and O–H groups in total. The number of benzene rings is 1. The predicted octanol–water partition coefficient (Wildman–Crippen LogP) is 2.25. The maximum absolute atomic E-state index is 6.36. The van der Waals surface area contributed by atoms with Crippen molar-refractivity contribution in [2.45, 2.75) is 12.1 Å². The van der Waals surface area contributed by atoms with E-state index in [9.17, 15) is 0 Å². The molecule has 19 heavy (non-hydrogen) atoms. The Bertz CT molecular complexity index is 458. The molecule has 3 nitrogen and oxygen atoms in total. The van der Waals surface area contributed by atoms with Gasteiger partial charge in [0.25, 0.3) is 0 Å². The average Bonchev–Trinajstić information content (AvgIpc) is 2.45. The SMILES string of the molecule is CNC(c1cc(Cl)ccc1Cl)C1CN2CCN1CC2. The number of piperazine rings is 3. The molecule has 1 aromatic rings. The van der Waals surface area contributed by atoms with Crippen molar-refractivity contribution in [3.63, 3.8) is 0 Å². The number of hydrogen-bond donors (Lipinski definition) is 1. The van der Waals surface area contributed by atoms with Crippen LogP contribution in [-0.2, 0) is 0 Å². The lowest BCUT2D eigenvalue weighted by Gasteiger charge is -2.50. The molecular weight excluding hydrogens is 281 g/mol. The van der Waals surface area contributed by atoms with E-state index in [4.69, 9.17) is 23.2 Å². The molecule has 5 heteroatoms. The van der Waals surface area contributed by atoms with Crippen molar-refractivity contribution in [1.82, 2.24) is 15.1 Å². The van der Waals surface area contributed by atoms with E-state index in [1.807, 2.05) is 25.2 Å². The zero-order valence-corrected chi connectivity index (χ0v) is 12.6. The van der Waals surface area contributed by atoms with Crippen LogP contribution in [0, 0.1) is 0 Å². The lowest BCUT2D eigenvalue weighted by molar-refractivity contribution is -0.00252. The van der Waals surface area contributed by atoms with Crippen molar-refractivity contribution in [1.29, 1.82) is 0 Å². The molecule has 0 aromatic heterocycles. The summed E-state index contributed by atoms with van der Waals surface area (Å²) in [5, 5.41) is 4.97. The lowest BCUT2D eigenvalue weighted by atomic mass is 9.94. The first kappa shape index (κ1) is 13.7. The molecule has 104 valence electrons. The second-order valence-corrected chi connectivity index (χ2v) is 6.18. The second-order valence-electron chi connectivity index (χ2n) is 5.34. The summed E-state index contributed by atoms with van der Waals surface area (Å²) in [6, 6.07) is 6.43. The van der Waals surface area contributed by atoms with Crippen LogP contribution in [0.25, 0.3) is 0 Å². The van der Waals surface area contributed by atoms with Gasteiger partial charge in [-0.15, -0.1) is 0 Å². The van der Waals surface area contributed by atoms with Crippen molar-refractivity contribution in [2.75, 3.05) is 39.8 Å². The van der Waals surface area contributed by atoms with Gasteiger partial charge in [0, 0.05) is 48.8 Å². The Kier molecular flexibility index (Phi) is 4.01. The van der Waals surface area contributed by atoms with Crippen molar-refractivity contribution < 1.29 is 0 Å². The highest BCUT2D eigenvalue weighted by Crippen LogP contribution is 2.32. The van der Waals surface area contributed by atoms with Crippen LogP contribution >= 0.6 is 23.2 Å². The summed E-state index contributed by atoms with van der Waals surface area (Å²) in [6.45, 7) is 5.79. The first-order chi connectivity index (χ1) is 9.19. The summed E-state index contributed by atoms with van der Waals surface area (Å²) in [6.07, 6.45) is 0. The number of nitrogens with one attached hydrogen (secondary N) is 1. The van der Waals surface area contributed by atoms with Crippen LogP contribution in [0.2, 0.25) is 10.0 Å². The summed E-state index contributed by atoms with van der Waals surface area (Å²) < 4.78 is 0. The van der Waals surface area contributed by atoms with E-state index in [0.717, 1.165) is 35.2 Å². The van der Waals surface area contributed by atoms with Crippen LogP contribution < -0.4 is 5.32 Å². The van der Waals surface area contributed by atoms with Gasteiger partial charge in [0.1, 0.15) is 0 Å². The van der Waals surface area contributed by atoms with Gasteiger partial charge in [-0.3, -0.25) is 9.80 Å². The summed E-state index contributed by atoms with van der Waals surface area (Å²) in [4.78, 5) is 5.10. The molecule has 0 spiro atoms. The highest BCUT2D eigenvalue weighted by molar-refractivity contribution is 6.33. The molecule has 3 heterocycles. The minimum atomic E-state index is 0.231. The first-order valence-electron chi connectivity index (χ1n) is 6.77. The quantitative estimate of drug-likeness (QED) is 0.924. The predicted molar refractivity (Wildman–Crippen MR) is 80.1 cm³/mol. The van der Waals surface area contributed by atoms with Gasteiger partial charge < -0.3 is 5.32 Å². The first-order valence-corrected chi connectivity index (χ1v) is 7.53. The van der Waals surface area contributed by atoms with Gasteiger partial charge in [0.15, 0.2) is 0 Å². The van der Waals surface area contributed by atoms with E-state index in [1.165, 1.54) is 13.1 Å². The van der Waals surface area contributed by atoms with Crippen molar-refractivity contribution in [3.05, 3.63) is 33.8 Å². The third-order valence-electron chi connectivity index (χ3n) is 4.31. The van der Waals surface area contributed by atoms with Gasteiger partial charge in [-0.25, -0.2) is 0 Å². The van der Waals surface area contributed by atoms with E-state index in [1.54, 1.807) is 0 Å². The largest absolute Gasteiger partial charge is 0.312 e. The van der Waals surface area contributed by atoms with E-state index < -0.39 is 0 Å². The number of halogens is 2. The molecule has 3 saturated heterocycles. The summed E-state index contributed by atoms with van der Waals surface area (Å²) in [5.74, 6) is 0. The molecule has 3 aliphatic heterocycles. The van der Waals surface area contributed by atoms with Gasteiger partial charge in [0.2, 0.25) is 0 Å². The van der Waals surface area contributed by atoms with Gasteiger partial charge >= 0.3 is 0 Å². The molecule has 0 aliphatic carbocycles. The monoisotopic (exact) mass is 299 g/mol. The Hall–Kier alpha value is -0.320. The van der Waals surface area contributed by atoms with Crippen LogP contribution in [0.15, 0.2) is 18.2 Å². The fourth-order valence-corrected chi connectivity index (χ4v) is 3.70. The highest BCUT2D eigenvalue weighted by atomic mass is 35.5. The van der Waals surface area contributed by atoms with Crippen LogP contribution in [0.4, 0.5) is 0 Å². The number of likely N-dealkylation sites (N-methyl/N-ethyl adjacent to an activating group) is 1. The Morgan fingerprint density at radius 2 is 1.95 bits per heavy atom.